The third-order valence-electron chi connectivity index (χ3n) is 12.3. The molecule has 1 heterocycles. The molecule has 240 valence electrons. The Hall–Kier alpha value is -3.35. The van der Waals surface area contributed by atoms with Gasteiger partial charge in [-0.1, -0.05) is 55.7 Å². The fraction of sp³-hybridized carbons (Fsp3) is 0.605. The van der Waals surface area contributed by atoms with Crippen molar-refractivity contribution in [1.82, 2.24) is 4.90 Å². The summed E-state index contributed by atoms with van der Waals surface area (Å²) in [6, 6.07) is 16.1. The Labute approximate surface area is 267 Å². The van der Waals surface area contributed by atoms with Crippen LogP contribution in [0, 0.1) is 35.5 Å². The second kappa shape index (κ2) is 12.8. The van der Waals surface area contributed by atoms with E-state index in [1.165, 1.54) is 49.0 Å². The number of amides is 3. The molecule has 6 aliphatic rings. The first-order valence-electron chi connectivity index (χ1n) is 17.5. The molecule has 0 radical (unpaired) electrons. The van der Waals surface area contributed by atoms with Gasteiger partial charge in [0.25, 0.3) is 0 Å². The lowest BCUT2D eigenvalue weighted by Crippen LogP contribution is -2.57. The SMILES string of the molecule is COc1cccc(N(C(N)=O)C2CC(c3ccccc3)CC(C3CCCCC3)N(CC(=O)C3C4CC5CC(C4)CC3C5)C2=O)c1. The van der Waals surface area contributed by atoms with E-state index in [2.05, 4.69) is 12.1 Å². The predicted octanol–water partition coefficient (Wildman–Crippen LogP) is 6.95. The molecule has 3 atom stereocenters. The molecule has 4 bridgehead atoms. The van der Waals surface area contributed by atoms with Crippen LogP contribution in [-0.4, -0.2) is 48.4 Å². The van der Waals surface area contributed by atoms with Gasteiger partial charge in [-0.25, -0.2) is 4.79 Å². The number of benzene rings is 2. The first kappa shape index (κ1) is 30.3. The van der Waals surface area contributed by atoms with Crippen LogP contribution in [0.3, 0.4) is 0 Å². The Kier molecular flexibility index (Phi) is 8.62. The van der Waals surface area contributed by atoms with Gasteiger partial charge in [0, 0.05) is 18.0 Å². The smallest absolute Gasteiger partial charge is 0.320 e. The minimum Gasteiger partial charge on any atom is -0.497 e. The number of nitrogens with zero attached hydrogens (tertiary/aromatic N) is 2. The maximum Gasteiger partial charge on any atom is 0.320 e. The highest BCUT2D eigenvalue weighted by Crippen LogP contribution is 2.57. The van der Waals surface area contributed by atoms with Crippen LogP contribution in [0.25, 0.3) is 0 Å². The van der Waals surface area contributed by atoms with Crippen LogP contribution in [0.15, 0.2) is 54.6 Å². The van der Waals surface area contributed by atoms with Gasteiger partial charge in [-0.15, -0.1) is 0 Å². The van der Waals surface area contributed by atoms with Gasteiger partial charge in [-0.05, 0) is 111 Å². The summed E-state index contributed by atoms with van der Waals surface area (Å²) < 4.78 is 5.48. The van der Waals surface area contributed by atoms with Crippen LogP contribution < -0.4 is 15.4 Å². The molecule has 1 aliphatic heterocycles. The lowest BCUT2D eigenvalue weighted by atomic mass is 9.51. The molecule has 0 spiro atoms. The van der Waals surface area contributed by atoms with Crippen molar-refractivity contribution < 1.29 is 19.1 Å². The molecule has 5 saturated carbocycles. The van der Waals surface area contributed by atoms with E-state index in [4.69, 9.17) is 10.5 Å². The topological polar surface area (TPSA) is 92.9 Å². The van der Waals surface area contributed by atoms with Crippen LogP contribution in [0.1, 0.15) is 88.5 Å². The average molecular weight is 612 g/mol. The maximum atomic E-state index is 15.1. The van der Waals surface area contributed by atoms with E-state index < -0.39 is 12.1 Å². The Balaban J connectivity index is 1.27. The molecule has 8 rings (SSSR count). The van der Waals surface area contributed by atoms with Crippen molar-refractivity contribution in [2.24, 2.45) is 41.2 Å². The summed E-state index contributed by atoms with van der Waals surface area (Å²) in [5, 5.41) is 0. The third-order valence-corrected chi connectivity index (χ3v) is 12.3. The molecule has 2 aromatic carbocycles. The summed E-state index contributed by atoms with van der Waals surface area (Å²) in [6.45, 7) is 0.149. The van der Waals surface area contributed by atoms with Crippen LogP contribution in [0.4, 0.5) is 10.5 Å². The lowest BCUT2D eigenvalue weighted by Gasteiger charge is -2.54. The molecule has 2 aromatic rings. The fourth-order valence-corrected chi connectivity index (χ4v) is 10.6. The summed E-state index contributed by atoms with van der Waals surface area (Å²) in [7, 11) is 1.59. The quantitative estimate of drug-likeness (QED) is 0.350. The van der Waals surface area contributed by atoms with Crippen LogP contribution in [0.2, 0.25) is 0 Å². The van der Waals surface area contributed by atoms with E-state index in [-0.39, 0.29) is 36.1 Å². The Morgan fingerprint density at radius 3 is 2.18 bits per heavy atom. The Morgan fingerprint density at radius 2 is 1.53 bits per heavy atom. The number of carbonyl (C=O) groups is 3. The monoisotopic (exact) mass is 611 g/mol. The summed E-state index contributed by atoms with van der Waals surface area (Å²) in [6.07, 6.45) is 13.0. The predicted molar refractivity (Wildman–Crippen MR) is 175 cm³/mol. The summed E-state index contributed by atoms with van der Waals surface area (Å²) in [4.78, 5) is 46.3. The maximum absolute atomic E-state index is 15.1. The van der Waals surface area contributed by atoms with Crippen molar-refractivity contribution in [3.63, 3.8) is 0 Å². The second-order valence-electron chi connectivity index (χ2n) is 14.9. The number of hydrogen-bond acceptors (Lipinski definition) is 4. The van der Waals surface area contributed by atoms with Crippen molar-refractivity contribution in [2.75, 3.05) is 18.6 Å². The number of hydrogen-bond donors (Lipinski definition) is 1. The van der Waals surface area contributed by atoms with Gasteiger partial charge in [0.05, 0.1) is 19.3 Å². The molecule has 3 amide bonds. The number of primary amides is 1. The average Bonchev–Trinajstić information content (AvgIpc) is 3.18. The number of Topliss-reactive ketones (excluding diaryl/α,β-unsaturated/α-hetero) is 1. The van der Waals surface area contributed by atoms with E-state index in [1.807, 2.05) is 41.3 Å². The molecular formula is C38H49N3O4. The summed E-state index contributed by atoms with van der Waals surface area (Å²) >= 11 is 0. The molecule has 7 nitrogen and oxygen atoms in total. The van der Waals surface area contributed by atoms with Gasteiger partial charge in [-0.3, -0.25) is 14.5 Å². The normalized spacial score (nSPS) is 33.1. The third kappa shape index (κ3) is 5.99. The van der Waals surface area contributed by atoms with Gasteiger partial charge >= 0.3 is 6.03 Å². The first-order valence-corrected chi connectivity index (χ1v) is 17.5. The fourth-order valence-electron chi connectivity index (χ4n) is 10.6. The standard InChI is InChI=1S/C38H49N3O4/c1-45-32-14-8-13-31(22-32)41(38(39)44)34-21-28(26-9-4-2-5-10-26)20-33(27-11-6-3-7-12-27)40(37(34)43)23-35(42)36-29-16-24-15-25(18-29)19-30(36)17-24/h2,4-5,8-10,13-14,22,24-25,27-30,33-34,36H,3,6-7,11-12,15-21,23H2,1H3,(H2,39,44). The highest BCUT2D eigenvalue weighted by molar-refractivity contribution is 6.00. The number of methoxy groups -OCH3 is 1. The highest BCUT2D eigenvalue weighted by Gasteiger charge is 2.52. The van der Waals surface area contributed by atoms with Crippen LogP contribution in [-0.2, 0) is 9.59 Å². The van der Waals surface area contributed by atoms with Crippen molar-refractivity contribution in [1.29, 1.82) is 0 Å². The second-order valence-corrected chi connectivity index (χ2v) is 14.9. The van der Waals surface area contributed by atoms with Gasteiger partial charge in [0.15, 0.2) is 5.78 Å². The van der Waals surface area contributed by atoms with Crippen LogP contribution in [0.5, 0.6) is 5.75 Å². The van der Waals surface area contributed by atoms with Crippen molar-refractivity contribution in [2.45, 2.75) is 95.1 Å². The van der Waals surface area contributed by atoms with Crippen molar-refractivity contribution in [3.05, 3.63) is 60.2 Å². The summed E-state index contributed by atoms with van der Waals surface area (Å²) in [5.41, 5.74) is 7.82. The molecular weight excluding hydrogens is 562 g/mol. The Bertz CT molecular complexity index is 1360. The van der Waals surface area contributed by atoms with E-state index in [1.54, 1.807) is 13.2 Å². The van der Waals surface area contributed by atoms with Crippen molar-refractivity contribution in [3.8, 4) is 5.75 Å². The number of nitrogens with two attached hydrogens (primary N) is 1. The highest BCUT2D eigenvalue weighted by atomic mass is 16.5. The molecule has 1 saturated heterocycles. The number of anilines is 1. The summed E-state index contributed by atoms with van der Waals surface area (Å²) in [5.74, 6) is 3.67. The van der Waals surface area contributed by atoms with E-state index in [0.717, 1.165) is 43.9 Å². The molecule has 5 aliphatic carbocycles. The van der Waals surface area contributed by atoms with E-state index >= 15 is 4.79 Å². The van der Waals surface area contributed by atoms with Gasteiger partial charge < -0.3 is 15.4 Å². The molecule has 2 N–H and O–H groups in total. The van der Waals surface area contributed by atoms with Gasteiger partial charge in [0.1, 0.15) is 11.8 Å². The first-order chi connectivity index (χ1) is 21.9. The number of urea groups is 1. The van der Waals surface area contributed by atoms with Crippen molar-refractivity contribution >= 4 is 23.4 Å². The molecule has 7 heteroatoms. The number of likely N-dealkylation sites (tertiary alicyclic amines) is 1. The molecule has 0 aromatic heterocycles. The molecule has 45 heavy (non-hydrogen) atoms. The largest absolute Gasteiger partial charge is 0.497 e. The van der Waals surface area contributed by atoms with Gasteiger partial charge in [-0.2, -0.15) is 0 Å². The number of carbonyl (C=O) groups excluding carboxylic acids is 3. The number of ketones is 1. The lowest BCUT2D eigenvalue weighted by molar-refractivity contribution is -0.146. The molecule has 6 fully saturated rings. The Morgan fingerprint density at radius 1 is 0.844 bits per heavy atom. The number of rotatable bonds is 8. The minimum absolute atomic E-state index is 0.0424. The zero-order chi connectivity index (χ0) is 31.1. The van der Waals surface area contributed by atoms with Gasteiger partial charge in [0.2, 0.25) is 5.91 Å². The minimum atomic E-state index is -0.820. The van der Waals surface area contributed by atoms with Crippen LogP contribution >= 0.6 is 0 Å². The van der Waals surface area contributed by atoms with E-state index in [9.17, 15) is 9.59 Å². The van der Waals surface area contributed by atoms with E-state index in [0.29, 0.717) is 35.6 Å². The molecule has 3 unspecified atom stereocenters. The zero-order valence-corrected chi connectivity index (χ0v) is 26.7. The zero-order valence-electron chi connectivity index (χ0n) is 26.7. The number of ether oxygens (including phenoxy) is 1.